The minimum absolute atomic E-state index is 0.00786. The molecule has 2 aromatic heterocycles. The van der Waals surface area contributed by atoms with E-state index in [2.05, 4.69) is 15.0 Å². The number of para-hydroxylation sites is 1. The zero-order valence-electron chi connectivity index (χ0n) is 16.6. The molecule has 4 rings (SSSR count). The number of hydrogen-bond acceptors (Lipinski definition) is 5. The van der Waals surface area contributed by atoms with Gasteiger partial charge in [-0.25, -0.2) is 4.98 Å². The number of carbonyl (C=O) groups excluding carboxylic acids is 1. The fraction of sp³-hybridized carbons (Fsp3) is 0.364. The summed E-state index contributed by atoms with van der Waals surface area (Å²) in [6.07, 6.45) is 1.84. The van der Waals surface area contributed by atoms with E-state index in [1.54, 1.807) is 24.9 Å². The number of carbonyl (C=O) groups is 1. The molecule has 1 aromatic carbocycles. The maximum atomic E-state index is 12.8. The van der Waals surface area contributed by atoms with Gasteiger partial charge in [0.05, 0.1) is 18.0 Å². The number of fused-ring (bicyclic) bond motifs is 1. The predicted octanol–water partition coefficient (Wildman–Crippen LogP) is 1.54. The van der Waals surface area contributed by atoms with E-state index in [4.69, 9.17) is 0 Å². The number of rotatable bonds is 4. The third kappa shape index (κ3) is 3.91. The first-order valence-electron chi connectivity index (χ1n) is 9.77. The van der Waals surface area contributed by atoms with Crippen LogP contribution in [0, 0.1) is 19.8 Å². The van der Waals surface area contributed by atoms with E-state index in [1.165, 1.54) is 0 Å². The second-order valence-electron chi connectivity index (χ2n) is 7.71. The molecule has 0 bridgehead atoms. The number of aryl methyl sites for hydroxylation is 2. The van der Waals surface area contributed by atoms with Gasteiger partial charge < -0.3 is 15.0 Å². The van der Waals surface area contributed by atoms with Gasteiger partial charge in [-0.15, -0.1) is 0 Å². The average Bonchev–Trinajstić information content (AvgIpc) is 3.05. The molecule has 1 aliphatic heterocycles. The number of benzene rings is 1. The highest BCUT2D eigenvalue weighted by atomic mass is 16.3. The molecule has 3 aromatic rings. The Morgan fingerprint density at radius 1 is 1.24 bits per heavy atom. The van der Waals surface area contributed by atoms with Crippen molar-refractivity contribution >= 4 is 16.8 Å². The number of β-amino-alcohol motifs (C(OH)–C–C–N with tert-alkyl or cyclic N) is 1. The Morgan fingerprint density at radius 3 is 2.83 bits per heavy atom. The fourth-order valence-corrected chi connectivity index (χ4v) is 4.10. The molecule has 29 heavy (non-hydrogen) atoms. The van der Waals surface area contributed by atoms with E-state index in [1.807, 2.05) is 30.3 Å². The first-order valence-corrected chi connectivity index (χ1v) is 9.77. The minimum Gasteiger partial charge on any atom is -0.391 e. The van der Waals surface area contributed by atoms with Crippen LogP contribution in [0.1, 0.15) is 22.6 Å². The lowest BCUT2D eigenvalue weighted by Gasteiger charge is -2.17. The van der Waals surface area contributed by atoms with Crippen LogP contribution in [0.3, 0.4) is 0 Å². The fourth-order valence-electron chi connectivity index (χ4n) is 4.10. The molecule has 0 saturated carbocycles. The van der Waals surface area contributed by atoms with Crippen molar-refractivity contribution in [2.75, 3.05) is 13.1 Å². The minimum atomic E-state index is -0.596. The summed E-state index contributed by atoms with van der Waals surface area (Å²) in [4.78, 5) is 37.9. The van der Waals surface area contributed by atoms with E-state index >= 15 is 0 Å². The van der Waals surface area contributed by atoms with Crippen LogP contribution in [0.25, 0.3) is 10.9 Å². The second-order valence-corrected chi connectivity index (χ2v) is 7.71. The van der Waals surface area contributed by atoms with Gasteiger partial charge in [-0.2, -0.15) is 0 Å². The van der Waals surface area contributed by atoms with Crippen LogP contribution < -0.4 is 5.56 Å². The number of amides is 1. The molecule has 0 unspecified atom stereocenters. The van der Waals surface area contributed by atoms with Crippen molar-refractivity contribution in [2.45, 2.75) is 32.8 Å². The summed E-state index contributed by atoms with van der Waals surface area (Å²) in [6, 6.07) is 9.90. The SMILES string of the molecule is Cc1nc(C)c(CC(=O)N2C[C@@H](Cc3ccnc4ccccc34)[C@H](O)C2)c(=O)[nH]1. The quantitative estimate of drug-likeness (QED) is 0.702. The molecule has 7 heteroatoms. The van der Waals surface area contributed by atoms with Crippen LogP contribution in [-0.4, -0.2) is 50.1 Å². The van der Waals surface area contributed by atoms with Crippen molar-refractivity contribution in [1.29, 1.82) is 0 Å². The Kier molecular flexibility index (Phi) is 5.15. The Hall–Kier alpha value is -3.06. The number of likely N-dealkylation sites (tertiary alicyclic amines) is 1. The number of hydrogen-bond donors (Lipinski definition) is 2. The number of aromatic nitrogens is 3. The van der Waals surface area contributed by atoms with Crippen molar-refractivity contribution in [3.05, 3.63) is 69.5 Å². The molecule has 150 valence electrons. The first kappa shape index (κ1) is 19.3. The molecular formula is C22H24N4O3. The molecule has 1 aliphatic rings. The standard InChI is InChI=1S/C22H24N4O3/c1-13-18(22(29)25-14(2)24-13)10-21(28)26-11-16(20(27)12-26)9-15-7-8-23-19-6-4-3-5-17(15)19/h3-8,16,20,27H,9-12H2,1-2H3,(H,24,25,29)/t16-,20-/m1/s1. The second kappa shape index (κ2) is 7.75. The van der Waals surface area contributed by atoms with Gasteiger partial charge in [0, 0.05) is 41.8 Å². The maximum absolute atomic E-state index is 12.8. The zero-order valence-corrected chi connectivity index (χ0v) is 16.6. The molecule has 0 spiro atoms. The number of aliphatic hydroxyl groups excluding tert-OH is 1. The molecule has 1 amide bonds. The van der Waals surface area contributed by atoms with E-state index in [0.29, 0.717) is 30.0 Å². The van der Waals surface area contributed by atoms with Crippen molar-refractivity contribution in [3.63, 3.8) is 0 Å². The molecular weight excluding hydrogens is 368 g/mol. The van der Waals surface area contributed by atoms with Crippen molar-refractivity contribution in [3.8, 4) is 0 Å². The lowest BCUT2D eigenvalue weighted by Crippen LogP contribution is -2.33. The summed E-state index contributed by atoms with van der Waals surface area (Å²) in [7, 11) is 0. The van der Waals surface area contributed by atoms with Gasteiger partial charge in [0.25, 0.3) is 5.56 Å². The third-order valence-corrected chi connectivity index (χ3v) is 5.65. The molecule has 1 saturated heterocycles. The predicted molar refractivity (Wildman–Crippen MR) is 110 cm³/mol. The Morgan fingerprint density at radius 2 is 2.03 bits per heavy atom. The molecule has 2 N–H and O–H groups in total. The largest absolute Gasteiger partial charge is 0.391 e. The number of pyridine rings is 1. The zero-order chi connectivity index (χ0) is 20.5. The Labute approximate surface area is 168 Å². The average molecular weight is 392 g/mol. The van der Waals surface area contributed by atoms with Gasteiger partial charge in [0.15, 0.2) is 0 Å². The van der Waals surface area contributed by atoms with Gasteiger partial charge in [-0.3, -0.25) is 14.6 Å². The smallest absolute Gasteiger partial charge is 0.254 e. The maximum Gasteiger partial charge on any atom is 0.254 e. The van der Waals surface area contributed by atoms with Crippen LogP contribution in [0.15, 0.2) is 41.3 Å². The molecule has 0 aliphatic carbocycles. The normalized spacial score (nSPS) is 19.1. The molecule has 3 heterocycles. The first-order chi connectivity index (χ1) is 13.9. The van der Waals surface area contributed by atoms with Gasteiger partial charge in [0.2, 0.25) is 5.91 Å². The highest BCUT2D eigenvalue weighted by Crippen LogP contribution is 2.25. The van der Waals surface area contributed by atoms with Gasteiger partial charge >= 0.3 is 0 Å². The van der Waals surface area contributed by atoms with E-state index < -0.39 is 6.10 Å². The van der Waals surface area contributed by atoms with Gasteiger partial charge in [0.1, 0.15) is 5.82 Å². The highest BCUT2D eigenvalue weighted by Gasteiger charge is 2.34. The molecule has 1 fully saturated rings. The molecule has 2 atom stereocenters. The van der Waals surface area contributed by atoms with Gasteiger partial charge in [-0.05, 0) is 38.0 Å². The number of aromatic amines is 1. The number of aliphatic hydroxyl groups is 1. The number of nitrogens with zero attached hydrogens (tertiary/aromatic N) is 3. The van der Waals surface area contributed by atoms with E-state index in [9.17, 15) is 14.7 Å². The molecule has 7 nitrogen and oxygen atoms in total. The lowest BCUT2D eigenvalue weighted by molar-refractivity contribution is -0.129. The Balaban J connectivity index is 1.48. The van der Waals surface area contributed by atoms with Crippen molar-refractivity contribution in [1.82, 2.24) is 19.9 Å². The summed E-state index contributed by atoms with van der Waals surface area (Å²) in [5.74, 6) is 0.315. The summed E-state index contributed by atoms with van der Waals surface area (Å²) in [6.45, 7) is 4.20. The van der Waals surface area contributed by atoms with Gasteiger partial charge in [-0.1, -0.05) is 18.2 Å². The van der Waals surface area contributed by atoms with Crippen LogP contribution in [0.5, 0.6) is 0 Å². The third-order valence-electron chi connectivity index (χ3n) is 5.65. The summed E-state index contributed by atoms with van der Waals surface area (Å²) in [5, 5.41) is 11.6. The monoisotopic (exact) mass is 392 g/mol. The summed E-state index contributed by atoms with van der Waals surface area (Å²) in [5.41, 5.74) is 2.72. The van der Waals surface area contributed by atoms with E-state index in [-0.39, 0.29) is 30.3 Å². The lowest BCUT2D eigenvalue weighted by atomic mass is 9.94. The Bertz CT molecular complexity index is 1120. The van der Waals surface area contributed by atoms with Crippen LogP contribution in [0.4, 0.5) is 0 Å². The van der Waals surface area contributed by atoms with Crippen molar-refractivity contribution in [2.24, 2.45) is 5.92 Å². The van der Waals surface area contributed by atoms with Crippen LogP contribution in [-0.2, 0) is 17.6 Å². The topological polar surface area (TPSA) is 99.2 Å². The highest BCUT2D eigenvalue weighted by molar-refractivity contribution is 5.82. The number of H-pyrrole nitrogens is 1. The molecule has 0 radical (unpaired) electrons. The van der Waals surface area contributed by atoms with Crippen LogP contribution >= 0.6 is 0 Å². The summed E-state index contributed by atoms with van der Waals surface area (Å²) >= 11 is 0. The van der Waals surface area contributed by atoms with E-state index in [0.717, 1.165) is 16.5 Å². The van der Waals surface area contributed by atoms with Crippen molar-refractivity contribution < 1.29 is 9.90 Å². The number of nitrogens with one attached hydrogen (secondary N) is 1. The van der Waals surface area contributed by atoms with Crippen LogP contribution in [0.2, 0.25) is 0 Å². The summed E-state index contributed by atoms with van der Waals surface area (Å²) < 4.78 is 0.